The smallest absolute Gasteiger partial charge is 0.471 e. The first kappa shape index (κ1) is 19.9. The maximum Gasteiger partial charge on any atom is 0.471 e. The number of ether oxygens (including phenoxy) is 1. The number of aromatic nitrogens is 2. The second-order valence-electron chi connectivity index (χ2n) is 5.50. The zero-order valence-corrected chi connectivity index (χ0v) is 15.1. The first-order valence-corrected chi connectivity index (χ1v) is 8.77. The van der Waals surface area contributed by atoms with E-state index in [4.69, 9.17) is 4.74 Å². The fourth-order valence-electron chi connectivity index (χ4n) is 2.23. The van der Waals surface area contributed by atoms with Crippen LogP contribution in [0.15, 0.2) is 51.9 Å². The number of Topliss-reactive ketones (excluding diaryl/α,β-unsaturated/α-hetero) is 1. The van der Waals surface area contributed by atoms with E-state index >= 15 is 0 Å². The number of methoxy groups -OCH3 is 1. The minimum atomic E-state index is -4.79. The first-order chi connectivity index (χ1) is 13.3. The van der Waals surface area contributed by atoms with Gasteiger partial charge in [0.1, 0.15) is 11.6 Å². The maximum atomic E-state index is 14.3. The van der Waals surface area contributed by atoms with Gasteiger partial charge in [-0.3, -0.25) is 4.79 Å². The van der Waals surface area contributed by atoms with Gasteiger partial charge in [-0.15, -0.1) is 11.8 Å². The number of nitrogens with zero attached hydrogens (tertiary/aromatic N) is 2. The fraction of sp³-hybridized carbons (Fsp3) is 0.167. The van der Waals surface area contributed by atoms with Crippen molar-refractivity contribution in [1.29, 1.82) is 0 Å². The number of alkyl halides is 3. The number of ketones is 1. The van der Waals surface area contributed by atoms with Crippen molar-refractivity contribution < 1.29 is 31.6 Å². The molecule has 0 bridgehead atoms. The highest BCUT2D eigenvalue weighted by Gasteiger charge is 2.38. The van der Waals surface area contributed by atoms with Gasteiger partial charge in [0, 0.05) is 10.5 Å². The van der Waals surface area contributed by atoms with E-state index in [9.17, 15) is 22.4 Å². The summed E-state index contributed by atoms with van der Waals surface area (Å²) in [4.78, 5) is 16.3. The van der Waals surface area contributed by atoms with Gasteiger partial charge in [0.25, 0.3) is 0 Å². The molecule has 0 aliphatic heterocycles. The SMILES string of the molecule is COc1ccc(SCC(=O)c2ccc(-c3noc(C(F)(F)F)n3)cc2F)cc1. The molecule has 0 aliphatic rings. The van der Waals surface area contributed by atoms with Crippen molar-refractivity contribution in [1.82, 2.24) is 10.1 Å². The molecule has 10 heteroatoms. The van der Waals surface area contributed by atoms with Crippen LogP contribution < -0.4 is 4.74 Å². The quantitative estimate of drug-likeness (QED) is 0.327. The lowest BCUT2D eigenvalue weighted by molar-refractivity contribution is -0.159. The van der Waals surface area contributed by atoms with E-state index in [0.717, 1.165) is 11.0 Å². The highest BCUT2D eigenvalue weighted by atomic mass is 32.2. The predicted molar refractivity (Wildman–Crippen MR) is 92.7 cm³/mol. The molecule has 0 spiro atoms. The number of thioether (sulfide) groups is 1. The zero-order valence-electron chi connectivity index (χ0n) is 14.3. The topological polar surface area (TPSA) is 65.2 Å². The molecule has 0 saturated carbocycles. The molecule has 3 aromatic rings. The summed E-state index contributed by atoms with van der Waals surface area (Å²) in [5.41, 5.74) is -0.208. The maximum absolute atomic E-state index is 14.3. The van der Waals surface area contributed by atoms with Gasteiger partial charge in [-0.05, 0) is 36.4 Å². The van der Waals surface area contributed by atoms with Crippen molar-refractivity contribution in [3.05, 3.63) is 59.7 Å². The second kappa shape index (κ2) is 8.01. The summed E-state index contributed by atoms with van der Waals surface area (Å²) in [6.45, 7) is 0. The Balaban J connectivity index is 1.70. The Morgan fingerprint density at radius 1 is 1.18 bits per heavy atom. The third-order valence-electron chi connectivity index (χ3n) is 3.63. The zero-order chi connectivity index (χ0) is 20.3. The molecule has 1 heterocycles. The van der Waals surface area contributed by atoms with E-state index in [1.807, 2.05) is 0 Å². The van der Waals surface area contributed by atoms with Crippen LogP contribution >= 0.6 is 11.8 Å². The van der Waals surface area contributed by atoms with Gasteiger partial charge >= 0.3 is 12.1 Å². The number of hydrogen-bond donors (Lipinski definition) is 0. The number of carbonyl (C=O) groups is 1. The van der Waals surface area contributed by atoms with Crippen molar-refractivity contribution in [2.45, 2.75) is 11.1 Å². The number of benzene rings is 2. The second-order valence-corrected chi connectivity index (χ2v) is 6.55. The summed E-state index contributed by atoms with van der Waals surface area (Å²) in [6.07, 6.45) is -4.79. The molecule has 2 aromatic carbocycles. The summed E-state index contributed by atoms with van der Waals surface area (Å²) < 4.78 is 61.0. The minimum absolute atomic E-state index is 0.0109. The van der Waals surface area contributed by atoms with Crippen molar-refractivity contribution in [3.63, 3.8) is 0 Å². The van der Waals surface area contributed by atoms with Gasteiger partial charge in [0.15, 0.2) is 5.78 Å². The summed E-state index contributed by atoms with van der Waals surface area (Å²) in [5.74, 6) is -2.63. The lowest BCUT2D eigenvalue weighted by Crippen LogP contribution is -2.06. The molecule has 146 valence electrons. The Bertz CT molecular complexity index is 987. The first-order valence-electron chi connectivity index (χ1n) is 7.79. The third-order valence-corrected chi connectivity index (χ3v) is 4.64. The van der Waals surface area contributed by atoms with Crippen LogP contribution in [0.4, 0.5) is 17.6 Å². The average molecular weight is 412 g/mol. The molecule has 28 heavy (non-hydrogen) atoms. The largest absolute Gasteiger partial charge is 0.497 e. The molecule has 0 N–H and O–H groups in total. The molecule has 5 nitrogen and oxygen atoms in total. The van der Waals surface area contributed by atoms with Crippen molar-refractivity contribution in [2.75, 3.05) is 12.9 Å². The fourth-order valence-corrected chi connectivity index (χ4v) is 3.02. The van der Waals surface area contributed by atoms with Crippen LogP contribution in [0.3, 0.4) is 0 Å². The van der Waals surface area contributed by atoms with E-state index < -0.39 is 29.5 Å². The molecule has 0 atom stereocenters. The summed E-state index contributed by atoms with van der Waals surface area (Å²) >= 11 is 1.22. The van der Waals surface area contributed by atoms with Crippen molar-refractivity contribution in [3.8, 4) is 17.1 Å². The Hall–Kier alpha value is -2.88. The number of hydrogen-bond acceptors (Lipinski definition) is 6. The van der Waals surface area contributed by atoms with E-state index in [2.05, 4.69) is 14.7 Å². The lowest BCUT2D eigenvalue weighted by atomic mass is 10.1. The van der Waals surface area contributed by atoms with E-state index in [0.29, 0.717) is 5.75 Å². The highest BCUT2D eigenvalue weighted by Crippen LogP contribution is 2.30. The minimum Gasteiger partial charge on any atom is -0.497 e. The van der Waals surface area contributed by atoms with Crippen LogP contribution in [-0.4, -0.2) is 28.8 Å². The lowest BCUT2D eigenvalue weighted by Gasteiger charge is -2.05. The number of halogens is 4. The molecule has 0 saturated heterocycles. The van der Waals surface area contributed by atoms with Gasteiger partial charge < -0.3 is 9.26 Å². The average Bonchev–Trinajstić information content (AvgIpc) is 3.17. The van der Waals surface area contributed by atoms with Crippen LogP contribution in [0.5, 0.6) is 5.75 Å². The summed E-state index contributed by atoms with van der Waals surface area (Å²) in [5, 5.41) is 3.19. The molecule has 0 unspecified atom stereocenters. The van der Waals surface area contributed by atoms with Gasteiger partial charge in [-0.25, -0.2) is 4.39 Å². The molecular weight excluding hydrogens is 400 g/mol. The Kier molecular flexibility index (Phi) is 5.68. The van der Waals surface area contributed by atoms with Gasteiger partial charge in [-0.1, -0.05) is 11.2 Å². The van der Waals surface area contributed by atoms with Gasteiger partial charge in [0.05, 0.1) is 18.4 Å². The summed E-state index contributed by atoms with van der Waals surface area (Å²) in [7, 11) is 1.54. The van der Waals surface area contributed by atoms with E-state index in [1.165, 1.54) is 31.0 Å². The van der Waals surface area contributed by atoms with E-state index in [1.54, 1.807) is 24.3 Å². The molecule has 0 amide bonds. The van der Waals surface area contributed by atoms with Crippen LogP contribution in [0.1, 0.15) is 16.2 Å². The normalized spacial score (nSPS) is 11.5. The molecular formula is C18H12F4N2O3S. The Morgan fingerprint density at radius 3 is 2.46 bits per heavy atom. The highest BCUT2D eigenvalue weighted by molar-refractivity contribution is 8.00. The summed E-state index contributed by atoms with van der Waals surface area (Å²) in [6, 6.07) is 10.4. The third kappa shape index (κ3) is 4.50. The monoisotopic (exact) mass is 412 g/mol. The number of carbonyl (C=O) groups excluding carboxylic acids is 1. The van der Waals surface area contributed by atoms with Crippen LogP contribution in [0.2, 0.25) is 0 Å². The molecule has 0 aliphatic carbocycles. The Morgan fingerprint density at radius 2 is 1.89 bits per heavy atom. The predicted octanol–water partition coefficient (Wildman–Crippen LogP) is 4.88. The number of rotatable bonds is 6. The standard InChI is InChI=1S/C18H12F4N2O3S/c1-26-11-3-5-12(6-4-11)28-9-15(25)13-7-2-10(8-14(13)19)16-23-17(27-24-16)18(20,21)22/h2-8H,9H2,1H3. The van der Waals surface area contributed by atoms with Crippen LogP contribution in [-0.2, 0) is 6.18 Å². The van der Waals surface area contributed by atoms with Gasteiger partial charge in [-0.2, -0.15) is 18.2 Å². The molecule has 1 aromatic heterocycles. The van der Waals surface area contributed by atoms with Crippen LogP contribution in [0, 0.1) is 5.82 Å². The molecule has 0 radical (unpaired) electrons. The molecule has 3 rings (SSSR count). The van der Waals surface area contributed by atoms with Gasteiger partial charge in [0.2, 0.25) is 5.82 Å². The van der Waals surface area contributed by atoms with E-state index in [-0.39, 0.29) is 16.9 Å². The molecule has 0 fully saturated rings. The van der Waals surface area contributed by atoms with Crippen LogP contribution in [0.25, 0.3) is 11.4 Å². The van der Waals surface area contributed by atoms with Crippen molar-refractivity contribution in [2.24, 2.45) is 0 Å². The van der Waals surface area contributed by atoms with Crippen molar-refractivity contribution >= 4 is 17.5 Å². The Labute approximate surface area is 160 Å².